The highest BCUT2D eigenvalue weighted by molar-refractivity contribution is 9.10. The molecule has 0 saturated carbocycles. The summed E-state index contributed by atoms with van der Waals surface area (Å²) in [6.45, 7) is 5.24. The van der Waals surface area contributed by atoms with Gasteiger partial charge in [-0.3, -0.25) is 0 Å². The molecule has 26 heavy (non-hydrogen) atoms. The van der Waals surface area contributed by atoms with Gasteiger partial charge < -0.3 is 9.30 Å². The van der Waals surface area contributed by atoms with Gasteiger partial charge in [0.15, 0.2) is 11.0 Å². The summed E-state index contributed by atoms with van der Waals surface area (Å²) in [5.74, 6) is 2.48. The van der Waals surface area contributed by atoms with Gasteiger partial charge in [-0.1, -0.05) is 51.4 Å². The first-order valence-corrected chi connectivity index (χ1v) is 10.4. The highest BCUT2D eigenvalue weighted by Gasteiger charge is 2.13. The SMILES string of the molecule is CCn1c(COc2ccc(Cl)cc2C)nnc1SCc1ccc(Br)cc1. The number of hydrogen-bond acceptors (Lipinski definition) is 4. The van der Waals surface area contributed by atoms with Gasteiger partial charge in [0.25, 0.3) is 0 Å². The molecule has 4 nitrogen and oxygen atoms in total. The molecule has 2 aromatic carbocycles. The van der Waals surface area contributed by atoms with Crippen LogP contribution in [0.25, 0.3) is 0 Å². The number of ether oxygens (including phenoxy) is 1. The predicted octanol–water partition coefficient (Wildman–Crippen LogP) is 5.89. The number of benzene rings is 2. The standard InChI is InChI=1S/C19H19BrClN3OS/c1-3-24-18(11-25-17-9-8-16(21)10-13(17)2)22-23-19(24)26-12-14-4-6-15(20)7-5-14/h4-10H,3,11-12H2,1-2H3. The molecule has 0 atom stereocenters. The van der Waals surface area contributed by atoms with E-state index in [-0.39, 0.29) is 0 Å². The van der Waals surface area contributed by atoms with Crippen LogP contribution in [-0.4, -0.2) is 14.8 Å². The lowest BCUT2D eigenvalue weighted by Gasteiger charge is -2.10. The van der Waals surface area contributed by atoms with Crippen LogP contribution in [0.1, 0.15) is 23.9 Å². The first-order valence-electron chi connectivity index (χ1n) is 8.25. The van der Waals surface area contributed by atoms with E-state index in [0.717, 1.165) is 39.1 Å². The highest BCUT2D eigenvalue weighted by atomic mass is 79.9. The van der Waals surface area contributed by atoms with Crippen LogP contribution >= 0.6 is 39.3 Å². The molecule has 136 valence electrons. The third-order valence-electron chi connectivity index (χ3n) is 3.88. The van der Waals surface area contributed by atoms with Crippen LogP contribution < -0.4 is 4.74 Å². The molecule has 0 fully saturated rings. The monoisotopic (exact) mass is 451 g/mol. The second-order valence-electron chi connectivity index (χ2n) is 5.76. The minimum absolute atomic E-state index is 0.377. The van der Waals surface area contributed by atoms with E-state index in [1.807, 2.05) is 37.3 Å². The van der Waals surface area contributed by atoms with Crippen molar-refractivity contribution in [1.82, 2.24) is 14.8 Å². The number of nitrogens with zero attached hydrogens (tertiary/aromatic N) is 3. The molecular weight excluding hydrogens is 434 g/mol. The van der Waals surface area contributed by atoms with Crippen molar-refractivity contribution in [3.05, 3.63) is 68.9 Å². The van der Waals surface area contributed by atoms with Crippen LogP contribution in [0.15, 0.2) is 52.1 Å². The van der Waals surface area contributed by atoms with Gasteiger partial charge in [-0.2, -0.15) is 0 Å². The van der Waals surface area contributed by atoms with Crippen molar-refractivity contribution in [2.45, 2.75) is 37.9 Å². The number of aryl methyl sites for hydroxylation is 1. The summed E-state index contributed by atoms with van der Waals surface area (Å²) >= 11 is 11.1. The molecule has 0 aliphatic heterocycles. The zero-order valence-electron chi connectivity index (χ0n) is 14.6. The van der Waals surface area contributed by atoms with Crippen LogP contribution in [0.4, 0.5) is 0 Å². The number of aromatic nitrogens is 3. The fraction of sp³-hybridized carbons (Fsp3) is 0.263. The summed E-state index contributed by atoms with van der Waals surface area (Å²) in [4.78, 5) is 0. The van der Waals surface area contributed by atoms with E-state index in [4.69, 9.17) is 16.3 Å². The Labute approximate surface area is 171 Å². The predicted molar refractivity (Wildman–Crippen MR) is 110 cm³/mol. The summed E-state index contributed by atoms with van der Waals surface area (Å²) in [6.07, 6.45) is 0. The Morgan fingerprint density at radius 2 is 1.92 bits per heavy atom. The number of thioether (sulfide) groups is 1. The Morgan fingerprint density at radius 1 is 1.15 bits per heavy atom. The lowest BCUT2D eigenvalue weighted by atomic mass is 10.2. The first kappa shape index (κ1) is 19.3. The van der Waals surface area contributed by atoms with E-state index >= 15 is 0 Å². The fourth-order valence-electron chi connectivity index (χ4n) is 2.50. The molecule has 0 bridgehead atoms. The van der Waals surface area contributed by atoms with Gasteiger partial charge in [0.05, 0.1) is 0 Å². The smallest absolute Gasteiger partial charge is 0.191 e. The minimum atomic E-state index is 0.377. The third kappa shape index (κ3) is 4.81. The molecule has 0 radical (unpaired) electrons. The van der Waals surface area contributed by atoms with Crippen LogP contribution in [-0.2, 0) is 18.9 Å². The lowest BCUT2D eigenvalue weighted by molar-refractivity contribution is 0.286. The van der Waals surface area contributed by atoms with Crippen molar-refractivity contribution in [1.29, 1.82) is 0 Å². The van der Waals surface area contributed by atoms with Gasteiger partial charge in [-0.25, -0.2) is 0 Å². The normalized spacial score (nSPS) is 10.9. The third-order valence-corrected chi connectivity index (χ3v) is 5.69. The minimum Gasteiger partial charge on any atom is -0.485 e. The van der Waals surface area contributed by atoms with Crippen LogP contribution in [0.5, 0.6) is 5.75 Å². The highest BCUT2D eigenvalue weighted by Crippen LogP contribution is 2.25. The number of halogens is 2. The van der Waals surface area contributed by atoms with E-state index in [9.17, 15) is 0 Å². The molecule has 3 rings (SSSR count). The molecular formula is C19H19BrClN3OS. The Morgan fingerprint density at radius 3 is 2.62 bits per heavy atom. The van der Waals surface area contributed by atoms with Gasteiger partial charge in [-0.05, 0) is 55.3 Å². The lowest BCUT2D eigenvalue weighted by Crippen LogP contribution is -2.07. The molecule has 0 aliphatic rings. The average molecular weight is 453 g/mol. The average Bonchev–Trinajstić information content (AvgIpc) is 3.02. The van der Waals surface area contributed by atoms with Gasteiger partial charge in [0.1, 0.15) is 12.4 Å². The van der Waals surface area contributed by atoms with Crippen LogP contribution in [0.3, 0.4) is 0 Å². The van der Waals surface area contributed by atoms with Gasteiger partial charge in [0.2, 0.25) is 0 Å². The summed E-state index contributed by atoms with van der Waals surface area (Å²) in [5, 5.41) is 10.3. The maximum atomic E-state index is 5.99. The number of hydrogen-bond donors (Lipinski definition) is 0. The Balaban J connectivity index is 1.66. The quantitative estimate of drug-likeness (QED) is 0.419. The molecule has 0 amide bonds. The van der Waals surface area contributed by atoms with Crippen molar-refractivity contribution < 1.29 is 4.74 Å². The van der Waals surface area contributed by atoms with Gasteiger partial charge >= 0.3 is 0 Å². The second-order valence-corrected chi connectivity index (χ2v) is 8.05. The number of rotatable bonds is 7. The molecule has 1 aromatic heterocycles. The molecule has 3 aromatic rings. The zero-order valence-corrected chi connectivity index (χ0v) is 17.7. The molecule has 0 unspecified atom stereocenters. The Hall–Kier alpha value is -1.50. The maximum absolute atomic E-state index is 5.99. The van der Waals surface area contributed by atoms with E-state index in [1.54, 1.807) is 11.8 Å². The van der Waals surface area contributed by atoms with E-state index < -0.39 is 0 Å². The van der Waals surface area contributed by atoms with Gasteiger partial charge in [0, 0.05) is 21.8 Å². The van der Waals surface area contributed by atoms with Crippen LogP contribution in [0.2, 0.25) is 5.02 Å². The van der Waals surface area contributed by atoms with Crippen molar-refractivity contribution in [2.75, 3.05) is 0 Å². The topological polar surface area (TPSA) is 39.9 Å². The van der Waals surface area contributed by atoms with Crippen LogP contribution in [0, 0.1) is 6.92 Å². The molecule has 0 spiro atoms. The van der Waals surface area contributed by atoms with Crippen molar-refractivity contribution in [3.8, 4) is 5.75 Å². The largest absolute Gasteiger partial charge is 0.485 e. The Kier molecular flexibility index (Phi) is 6.62. The van der Waals surface area contributed by atoms with Crippen molar-refractivity contribution >= 4 is 39.3 Å². The molecule has 0 N–H and O–H groups in total. The molecule has 0 saturated heterocycles. The Bertz CT molecular complexity index is 883. The first-order chi connectivity index (χ1) is 12.6. The second kappa shape index (κ2) is 8.93. The van der Waals surface area contributed by atoms with Crippen molar-refractivity contribution in [3.63, 3.8) is 0 Å². The summed E-state index contributed by atoms with van der Waals surface area (Å²) in [6, 6.07) is 13.9. The molecule has 1 heterocycles. The van der Waals surface area contributed by atoms with E-state index in [0.29, 0.717) is 11.6 Å². The summed E-state index contributed by atoms with van der Waals surface area (Å²) in [5.41, 5.74) is 2.25. The summed E-state index contributed by atoms with van der Waals surface area (Å²) < 4.78 is 9.09. The van der Waals surface area contributed by atoms with E-state index in [1.165, 1.54) is 5.56 Å². The fourth-order valence-corrected chi connectivity index (χ4v) is 3.96. The van der Waals surface area contributed by atoms with E-state index in [2.05, 4.69) is 49.8 Å². The molecule has 0 aliphatic carbocycles. The van der Waals surface area contributed by atoms with Gasteiger partial charge in [-0.15, -0.1) is 10.2 Å². The van der Waals surface area contributed by atoms with Crippen molar-refractivity contribution in [2.24, 2.45) is 0 Å². The summed E-state index contributed by atoms with van der Waals surface area (Å²) in [7, 11) is 0. The maximum Gasteiger partial charge on any atom is 0.191 e. The molecule has 7 heteroatoms. The zero-order chi connectivity index (χ0) is 18.5.